The fourth-order valence-corrected chi connectivity index (χ4v) is 0.560. The Hall–Kier alpha value is -1.26. The highest BCUT2D eigenvalue weighted by atomic mass is 16.8. The van der Waals surface area contributed by atoms with Crippen molar-refractivity contribution in [3.8, 4) is 0 Å². The zero-order chi connectivity index (χ0) is 10.4. The predicted molar refractivity (Wildman–Crippen MR) is 49.0 cm³/mol. The molecule has 0 aliphatic carbocycles. The SMILES string of the molecule is CC(C)OC(=N)OC(=N)OC(C)C. The fourth-order valence-electron chi connectivity index (χ4n) is 0.560. The molecule has 0 aliphatic heterocycles. The molecule has 5 nitrogen and oxygen atoms in total. The number of rotatable bonds is 2. The van der Waals surface area contributed by atoms with Crippen LogP contribution in [0.15, 0.2) is 0 Å². The van der Waals surface area contributed by atoms with Gasteiger partial charge in [-0.05, 0) is 27.7 Å². The molecule has 0 bridgehead atoms. The third-order valence-electron chi connectivity index (χ3n) is 0.871. The van der Waals surface area contributed by atoms with E-state index in [4.69, 9.17) is 20.3 Å². The number of ether oxygens (including phenoxy) is 3. The molecule has 0 saturated carbocycles. The topological polar surface area (TPSA) is 75.4 Å². The van der Waals surface area contributed by atoms with E-state index < -0.39 is 12.2 Å². The molecule has 0 heterocycles. The first-order valence-corrected chi connectivity index (χ1v) is 4.10. The van der Waals surface area contributed by atoms with Gasteiger partial charge in [0.25, 0.3) is 0 Å². The molecule has 0 aliphatic rings. The van der Waals surface area contributed by atoms with Crippen LogP contribution in [0, 0.1) is 10.8 Å². The van der Waals surface area contributed by atoms with E-state index in [1.807, 2.05) is 0 Å². The molecule has 0 rings (SSSR count). The van der Waals surface area contributed by atoms with Crippen LogP contribution >= 0.6 is 0 Å². The maximum absolute atomic E-state index is 7.13. The summed E-state index contributed by atoms with van der Waals surface area (Å²) in [5, 5.41) is 14.3. The van der Waals surface area contributed by atoms with E-state index in [1.165, 1.54) is 0 Å². The van der Waals surface area contributed by atoms with Crippen molar-refractivity contribution in [2.75, 3.05) is 0 Å². The lowest BCUT2D eigenvalue weighted by molar-refractivity contribution is 0.123. The molecule has 0 fully saturated rings. The summed E-state index contributed by atoms with van der Waals surface area (Å²) in [4.78, 5) is 0. The van der Waals surface area contributed by atoms with E-state index in [-0.39, 0.29) is 12.2 Å². The Morgan fingerprint density at radius 1 is 0.846 bits per heavy atom. The van der Waals surface area contributed by atoms with Gasteiger partial charge in [0.15, 0.2) is 0 Å². The Bertz CT molecular complexity index is 170. The monoisotopic (exact) mass is 188 g/mol. The lowest BCUT2D eigenvalue weighted by Gasteiger charge is -2.13. The highest BCUT2D eigenvalue weighted by molar-refractivity contribution is 5.79. The molecule has 0 aromatic rings. The molecule has 5 heteroatoms. The number of hydrogen-bond donors (Lipinski definition) is 2. The van der Waals surface area contributed by atoms with Gasteiger partial charge in [0, 0.05) is 0 Å². The molecule has 0 radical (unpaired) electrons. The minimum absolute atomic E-state index is 0.139. The molecule has 76 valence electrons. The van der Waals surface area contributed by atoms with Gasteiger partial charge in [-0.3, -0.25) is 0 Å². The molecule has 0 unspecified atom stereocenters. The third kappa shape index (κ3) is 7.11. The van der Waals surface area contributed by atoms with Crippen molar-refractivity contribution < 1.29 is 14.2 Å². The van der Waals surface area contributed by atoms with Gasteiger partial charge in [-0.2, -0.15) is 0 Å². The minimum Gasteiger partial charge on any atom is -0.448 e. The van der Waals surface area contributed by atoms with Crippen LogP contribution in [0.1, 0.15) is 27.7 Å². The van der Waals surface area contributed by atoms with Gasteiger partial charge in [-0.1, -0.05) is 0 Å². The van der Waals surface area contributed by atoms with Gasteiger partial charge in [-0.15, -0.1) is 0 Å². The summed E-state index contributed by atoms with van der Waals surface area (Å²) in [6.07, 6.45) is -1.11. The van der Waals surface area contributed by atoms with E-state index in [0.717, 1.165) is 0 Å². The lowest BCUT2D eigenvalue weighted by atomic mass is 10.5. The van der Waals surface area contributed by atoms with E-state index in [0.29, 0.717) is 0 Å². The van der Waals surface area contributed by atoms with Crippen LogP contribution in [0.2, 0.25) is 0 Å². The van der Waals surface area contributed by atoms with Crippen molar-refractivity contribution in [1.29, 1.82) is 10.8 Å². The van der Waals surface area contributed by atoms with Crippen molar-refractivity contribution in [1.82, 2.24) is 0 Å². The molecule has 0 atom stereocenters. The molecule has 0 spiro atoms. The van der Waals surface area contributed by atoms with E-state index >= 15 is 0 Å². The van der Waals surface area contributed by atoms with Crippen LogP contribution in [-0.4, -0.2) is 24.4 Å². The Balaban J connectivity index is 3.72. The Labute approximate surface area is 78.0 Å². The van der Waals surface area contributed by atoms with Gasteiger partial charge in [-0.25, -0.2) is 10.8 Å². The standard InChI is InChI=1S/C8H16N2O3/c1-5(2)11-7(9)13-8(10)12-6(3)4/h5-6,9-10H,1-4H3. The quantitative estimate of drug-likeness (QED) is 0.511. The zero-order valence-electron chi connectivity index (χ0n) is 8.38. The average Bonchev–Trinajstić information content (AvgIpc) is 1.80. The Morgan fingerprint density at radius 3 is 1.38 bits per heavy atom. The maximum atomic E-state index is 7.13. The first-order chi connectivity index (χ1) is 5.91. The third-order valence-corrected chi connectivity index (χ3v) is 0.871. The molecule has 0 aromatic carbocycles. The summed E-state index contributed by atoms with van der Waals surface area (Å²) in [5.41, 5.74) is 0. The van der Waals surface area contributed by atoms with E-state index in [2.05, 4.69) is 4.74 Å². The van der Waals surface area contributed by atoms with Crippen molar-refractivity contribution in [2.45, 2.75) is 39.9 Å². The molecule has 13 heavy (non-hydrogen) atoms. The summed E-state index contributed by atoms with van der Waals surface area (Å²) < 4.78 is 14.3. The molecule has 0 saturated heterocycles. The van der Waals surface area contributed by atoms with Crippen molar-refractivity contribution in [3.63, 3.8) is 0 Å². The largest absolute Gasteiger partial charge is 0.448 e. The van der Waals surface area contributed by atoms with Gasteiger partial charge in [0.05, 0.1) is 12.2 Å². The predicted octanol–water partition coefficient (Wildman–Crippen LogP) is 1.72. The second-order valence-corrected chi connectivity index (χ2v) is 3.01. The molecule has 0 amide bonds. The number of hydrogen-bond acceptors (Lipinski definition) is 5. The van der Waals surface area contributed by atoms with Crippen molar-refractivity contribution in [2.24, 2.45) is 0 Å². The van der Waals surface area contributed by atoms with Crippen LogP contribution in [0.25, 0.3) is 0 Å². The molecule has 2 N–H and O–H groups in total. The first kappa shape index (κ1) is 11.7. The van der Waals surface area contributed by atoms with Gasteiger partial charge in [0.2, 0.25) is 0 Å². The second kappa shape index (κ2) is 5.40. The summed E-state index contributed by atoms with van der Waals surface area (Å²) in [6, 6.07) is 0. The average molecular weight is 188 g/mol. The normalized spacial score (nSPS) is 10.0. The lowest BCUT2D eigenvalue weighted by Crippen LogP contribution is -2.21. The zero-order valence-corrected chi connectivity index (χ0v) is 8.38. The van der Waals surface area contributed by atoms with Crippen LogP contribution in [0.3, 0.4) is 0 Å². The summed E-state index contributed by atoms with van der Waals surface area (Å²) in [5.74, 6) is 0. The summed E-state index contributed by atoms with van der Waals surface area (Å²) in [7, 11) is 0. The smallest absolute Gasteiger partial charge is 0.389 e. The van der Waals surface area contributed by atoms with E-state index in [9.17, 15) is 0 Å². The summed E-state index contributed by atoms with van der Waals surface area (Å²) in [6.45, 7) is 7.07. The Kier molecular flexibility index (Phi) is 4.87. The highest BCUT2D eigenvalue weighted by Crippen LogP contribution is 1.95. The second-order valence-electron chi connectivity index (χ2n) is 3.01. The van der Waals surface area contributed by atoms with Crippen molar-refractivity contribution >= 4 is 12.2 Å². The first-order valence-electron chi connectivity index (χ1n) is 4.10. The maximum Gasteiger partial charge on any atom is 0.389 e. The van der Waals surface area contributed by atoms with Crippen LogP contribution in [0.5, 0.6) is 0 Å². The number of nitrogens with one attached hydrogen (secondary N) is 2. The Morgan fingerprint density at radius 2 is 1.15 bits per heavy atom. The summed E-state index contributed by atoms with van der Waals surface area (Å²) >= 11 is 0. The molecule has 0 aromatic heterocycles. The molecular formula is C8H16N2O3. The minimum atomic E-state index is -0.416. The van der Waals surface area contributed by atoms with Gasteiger partial charge in [0.1, 0.15) is 0 Å². The fraction of sp³-hybridized carbons (Fsp3) is 0.750. The van der Waals surface area contributed by atoms with Crippen LogP contribution < -0.4 is 0 Å². The highest BCUT2D eigenvalue weighted by Gasteiger charge is 2.08. The molecular weight excluding hydrogens is 172 g/mol. The van der Waals surface area contributed by atoms with E-state index in [1.54, 1.807) is 27.7 Å². The van der Waals surface area contributed by atoms with Gasteiger partial charge >= 0.3 is 12.2 Å². The van der Waals surface area contributed by atoms with Gasteiger partial charge < -0.3 is 14.2 Å². The van der Waals surface area contributed by atoms with Crippen LogP contribution in [-0.2, 0) is 14.2 Å². The van der Waals surface area contributed by atoms with Crippen molar-refractivity contribution in [3.05, 3.63) is 0 Å². The van der Waals surface area contributed by atoms with Crippen LogP contribution in [0.4, 0.5) is 0 Å².